The van der Waals surface area contributed by atoms with Gasteiger partial charge in [-0.05, 0) is 91.5 Å². The Morgan fingerprint density at radius 3 is 2.56 bits per heavy atom. The first-order valence-corrected chi connectivity index (χ1v) is 14.0. The fourth-order valence-corrected chi connectivity index (χ4v) is 6.73. The highest BCUT2D eigenvalue weighted by molar-refractivity contribution is 5.45. The Kier molecular flexibility index (Phi) is 7.45. The lowest BCUT2D eigenvalue weighted by atomic mass is 9.52. The molecule has 5 heteroatoms. The maximum Gasteiger partial charge on any atom is 0.120 e. The number of fused-ring (bicyclic) bond motifs is 3. The quantitative estimate of drug-likeness (QED) is 0.283. The van der Waals surface area contributed by atoms with Crippen molar-refractivity contribution < 1.29 is 14.6 Å². The van der Waals surface area contributed by atoms with Crippen LogP contribution in [0.2, 0.25) is 0 Å². The molecule has 2 aliphatic rings. The molecular weight excluding hydrogens is 484 g/mol. The van der Waals surface area contributed by atoms with Crippen molar-refractivity contribution >= 4 is 0 Å². The molecule has 2 aromatic carbocycles. The molecule has 5 nitrogen and oxygen atoms in total. The average Bonchev–Trinajstić information content (AvgIpc) is 2.98. The topological polar surface area (TPSA) is 64.5 Å². The van der Waals surface area contributed by atoms with Crippen molar-refractivity contribution in [3.63, 3.8) is 0 Å². The highest BCUT2D eigenvalue weighted by Gasteiger charge is 2.51. The van der Waals surface area contributed by atoms with Gasteiger partial charge in [-0.2, -0.15) is 0 Å². The standard InChI is InChI=1S/C34H36N2O3/c37-33(25-38-24-30-10-4-5-18-36-30)15-16-34(20-26-7-2-1-3-8-26)29(21-33)12-11-28-19-31(13-14-32(28)34)39-23-27-9-6-17-35-22-27/h1-10,13-14,17-19,22,29,37H,11-12,15-16,20-21,23-25H2/t29-,33-,34+/m1/s1. The second-order valence-electron chi connectivity index (χ2n) is 11.3. The predicted molar refractivity (Wildman–Crippen MR) is 151 cm³/mol. The van der Waals surface area contributed by atoms with Crippen LogP contribution in [0.1, 0.15) is 53.6 Å². The number of aromatic nitrogens is 2. The van der Waals surface area contributed by atoms with E-state index in [0.717, 1.165) is 55.5 Å². The van der Waals surface area contributed by atoms with Crippen LogP contribution in [-0.4, -0.2) is 27.3 Å². The van der Waals surface area contributed by atoms with Crippen molar-refractivity contribution in [3.05, 3.63) is 125 Å². The summed E-state index contributed by atoms with van der Waals surface area (Å²) in [5, 5.41) is 11.7. The fourth-order valence-electron chi connectivity index (χ4n) is 6.73. The van der Waals surface area contributed by atoms with Crippen LogP contribution in [0, 0.1) is 5.92 Å². The van der Waals surface area contributed by atoms with Crippen molar-refractivity contribution in [1.29, 1.82) is 0 Å². The Balaban J connectivity index is 1.22. The molecule has 0 unspecified atom stereocenters. The van der Waals surface area contributed by atoms with Gasteiger partial charge in [-0.3, -0.25) is 9.97 Å². The normalized spacial score (nSPS) is 24.0. The summed E-state index contributed by atoms with van der Waals surface area (Å²) in [5.41, 5.74) is 5.28. The van der Waals surface area contributed by atoms with E-state index in [-0.39, 0.29) is 5.41 Å². The molecule has 3 atom stereocenters. The van der Waals surface area contributed by atoms with Gasteiger partial charge >= 0.3 is 0 Å². The number of pyridine rings is 2. The van der Waals surface area contributed by atoms with Crippen molar-refractivity contribution in [3.8, 4) is 5.75 Å². The third-order valence-corrected chi connectivity index (χ3v) is 8.66. The Hall–Kier alpha value is -3.54. The Labute approximate surface area is 230 Å². The van der Waals surface area contributed by atoms with Crippen LogP contribution >= 0.6 is 0 Å². The summed E-state index contributed by atoms with van der Waals surface area (Å²) in [4.78, 5) is 8.54. The summed E-state index contributed by atoms with van der Waals surface area (Å²) < 4.78 is 12.2. The monoisotopic (exact) mass is 520 g/mol. The molecule has 0 bridgehead atoms. The van der Waals surface area contributed by atoms with E-state index in [1.54, 1.807) is 12.4 Å². The second kappa shape index (κ2) is 11.3. The van der Waals surface area contributed by atoms with E-state index < -0.39 is 5.60 Å². The maximum absolute atomic E-state index is 11.7. The Morgan fingerprint density at radius 2 is 1.74 bits per heavy atom. The van der Waals surface area contributed by atoms with Gasteiger partial charge in [-0.25, -0.2) is 0 Å². The zero-order valence-corrected chi connectivity index (χ0v) is 22.3. The van der Waals surface area contributed by atoms with E-state index in [2.05, 4.69) is 58.5 Å². The van der Waals surface area contributed by atoms with Crippen molar-refractivity contribution in [2.45, 2.75) is 62.8 Å². The highest BCUT2D eigenvalue weighted by atomic mass is 16.5. The van der Waals surface area contributed by atoms with Crippen LogP contribution in [0.25, 0.3) is 0 Å². The zero-order chi connectivity index (χ0) is 26.5. The van der Waals surface area contributed by atoms with Gasteiger partial charge in [0, 0.05) is 29.6 Å². The molecule has 1 saturated carbocycles. The Morgan fingerprint density at radius 1 is 0.872 bits per heavy atom. The van der Waals surface area contributed by atoms with E-state index in [9.17, 15) is 5.11 Å². The first-order valence-electron chi connectivity index (χ1n) is 14.0. The summed E-state index contributed by atoms with van der Waals surface area (Å²) in [7, 11) is 0. The van der Waals surface area contributed by atoms with Crippen LogP contribution in [0.15, 0.2) is 97.5 Å². The molecule has 0 radical (unpaired) electrons. The minimum Gasteiger partial charge on any atom is -0.489 e. The van der Waals surface area contributed by atoms with Crippen molar-refractivity contribution in [1.82, 2.24) is 9.97 Å². The van der Waals surface area contributed by atoms with Crippen molar-refractivity contribution in [2.75, 3.05) is 6.61 Å². The molecule has 0 spiro atoms. The van der Waals surface area contributed by atoms with Gasteiger partial charge < -0.3 is 14.6 Å². The predicted octanol–water partition coefficient (Wildman–Crippen LogP) is 6.23. The third kappa shape index (κ3) is 5.75. The number of hydrogen-bond acceptors (Lipinski definition) is 5. The molecule has 2 aliphatic carbocycles. The SMILES string of the molecule is O[C@]1(COCc2ccccn2)CC[C@@]2(Cc3ccccc3)c3ccc(OCc4cccnc4)cc3CC[C@@H]2C1. The lowest BCUT2D eigenvalue weighted by Gasteiger charge is -2.53. The fraction of sp³-hybridized carbons (Fsp3) is 0.353. The number of aryl methyl sites for hydroxylation is 1. The van der Waals surface area contributed by atoms with Gasteiger partial charge in [0.05, 0.1) is 24.5 Å². The van der Waals surface area contributed by atoms with Gasteiger partial charge in [0.1, 0.15) is 12.4 Å². The van der Waals surface area contributed by atoms with Crippen molar-refractivity contribution in [2.24, 2.45) is 5.92 Å². The number of hydrogen-bond donors (Lipinski definition) is 1. The summed E-state index contributed by atoms with van der Waals surface area (Å²) in [6.07, 6.45) is 10.8. The Bertz CT molecular complexity index is 1370. The van der Waals surface area contributed by atoms with E-state index in [4.69, 9.17) is 9.47 Å². The second-order valence-corrected chi connectivity index (χ2v) is 11.3. The van der Waals surface area contributed by atoms with E-state index in [1.807, 2.05) is 36.5 Å². The first kappa shape index (κ1) is 25.7. The smallest absolute Gasteiger partial charge is 0.120 e. The number of aliphatic hydroxyl groups is 1. The van der Waals surface area contributed by atoms with E-state index in [0.29, 0.717) is 25.7 Å². The largest absolute Gasteiger partial charge is 0.489 e. The van der Waals surface area contributed by atoms with Crippen LogP contribution < -0.4 is 4.74 Å². The van der Waals surface area contributed by atoms with E-state index >= 15 is 0 Å². The minimum absolute atomic E-state index is 0.00989. The molecule has 0 saturated heterocycles. The number of ether oxygens (including phenoxy) is 2. The minimum atomic E-state index is -0.816. The number of rotatable bonds is 9. The molecule has 0 amide bonds. The number of nitrogens with zero attached hydrogens (tertiary/aromatic N) is 2. The zero-order valence-electron chi connectivity index (χ0n) is 22.3. The van der Waals surface area contributed by atoms with Crippen LogP contribution in [0.5, 0.6) is 5.75 Å². The summed E-state index contributed by atoms with van der Waals surface area (Å²) in [6, 6.07) is 27.3. The van der Waals surface area contributed by atoms with Gasteiger partial charge in [-0.1, -0.05) is 48.5 Å². The summed E-state index contributed by atoms with van der Waals surface area (Å²) >= 11 is 0. The molecule has 6 rings (SSSR count). The van der Waals surface area contributed by atoms with Gasteiger partial charge in [0.25, 0.3) is 0 Å². The molecule has 4 aromatic rings. The number of benzene rings is 2. The molecule has 200 valence electrons. The molecule has 1 N–H and O–H groups in total. The molecule has 2 aromatic heterocycles. The van der Waals surface area contributed by atoms with Gasteiger partial charge in [-0.15, -0.1) is 0 Å². The van der Waals surface area contributed by atoms with Crippen LogP contribution in [0.3, 0.4) is 0 Å². The molecule has 39 heavy (non-hydrogen) atoms. The first-order chi connectivity index (χ1) is 19.1. The van der Waals surface area contributed by atoms with Gasteiger partial charge in [0.2, 0.25) is 0 Å². The van der Waals surface area contributed by atoms with Gasteiger partial charge in [0.15, 0.2) is 0 Å². The van der Waals surface area contributed by atoms with E-state index in [1.165, 1.54) is 16.7 Å². The van der Waals surface area contributed by atoms with Crippen LogP contribution in [-0.2, 0) is 36.2 Å². The third-order valence-electron chi connectivity index (χ3n) is 8.66. The average molecular weight is 521 g/mol. The lowest BCUT2D eigenvalue weighted by molar-refractivity contribution is -0.104. The molecule has 2 heterocycles. The molecule has 0 aliphatic heterocycles. The summed E-state index contributed by atoms with van der Waals surface area (Å²) in [6.45, 7) is 1.28. The molecule has 1 fully saturated rings. The van der Waals surface area contributed by atoms with Crippen LogP contribution in [0.4, 0.5) is 0 Å². The maximum atomic E-state index is 11.7. The summed E-state index contributed by atoms with van der Waals surface area (Å²) in [5.74, 6) is 1.28. The lowest BCUT2D eigenvalue weighted by Crippen LogP contribution is -2.52. The molecular formula is C34H36N2O3. The highest BCUT2D eigenvalue weighted by Crippen LogP contribution is 2.54.